The summed E-state index contributed by atoms with van der Waals surface area (Å²) in [5.74, 6) is 0.862. The lowest BCUT2D eigenvalue weighted by Crippen LogP contribution is -2.29. The highest BCUT2D eigenvalue weighted by Gasteiger charge is 2.11. The van der Waals surface area contributed by atoms with Crippen molar-refractivity contribution in [1.82, 2.24) is 19.9 Å². The third kappa shape index (κ3) is 3.85. The Morgan fingerprint density at radius 2 is 2.08 bits per heavy atom. The van der Waals surface area contributed by atoms with Crippen molar-refractivity contribution in [1.29, 1.82) is 0 Å². The van der Waals surface area contributed by atoms with Gasteiger partial charge < -0.3 is 10.4 Å². The summed E-state index contributed by atoms with van der Waals surface area (Å²) in [6.07, 6.45) is 4.92. The van der Waals surface area contributed by atoms with Gasteiger partial charge >= 0.3 is 0 Å². The largest absolute Gasteiger partial charge is 0.396 e. The Morgan fingerprint density at radius 1 is 1.24 bits per heavy atom. The standard InChI is InChI=1S/C19H22N4O2/c1-2-14(9-10-24)11-21-19(25)15-7-8-18(20-12-15)23-13-22-16-5-3-4-6-17(16)23/h3-8,12-14,24H,2,9-11H2,1H3,(H,21,25). The molecular formula is C19H22N4O2. The second kappa shape index (κ2) is 7.90. The van der Waals surface area contributed by atoms with Crippen LogP contribution >= 0.6 is 0 Å². The van der Waals surface area contributed by atoms with Crippen molar-refractivity contribution in [2.45, 2.75) is 19.8 Å². The highest BCUT2D eigenvalue weighted by Crippen LogP contribution is 2.16. The molecule has 0 spiro atoms. The van der Waals surface area contributed by atoms with Gasteiger partial charge in [-0.1, -0.05) is 25.5 Å². The van der Waals surface area contributed by atoms with Gasteiger partial charge in [0.25, 0.3) is 5.91 Å². The van der Waals surface area contributed by atoms with E-state index in [1.807, 2.05) is 34.9 Å². The predicted octanol–water partition coefficient (Wildman–Crippen LogP) is 2.56. The first-order chi connectivity index (χ1) is 12.2. The molecule has 2 aromatic heterocycles. The number of amides is 1. The second-order valence-electron chi connectivity index (χ2n) is 6.00. The zero-order chi connectivity index (χ0) is 17.6. The molecule has 1 aromatic carbocycles. The number of imidazole rings is 1. The van der Waals surface area contributed by atoms with E-state index in [2.05, 4.69) is 22.2 Å². The summed E-state index contributed by atoms with van der Waals surface area (Å²) in [7, 11) is 0. The van der Waals surface area contributed by atoms with Gasteiger partial charge in [-0.3, -0.25) is 9.36 Å². The van der Waals surface area contributed by atoms with E-state index in [4.69, 9.17) is 5.11 Å². The third-order valence-electron chi connectivity index (χ3n) is 4.38. The molecule has 0 fully saturated rings. The molecule has 130 valence electrons. The number of aliphatic hydroxyl groups is 1. The van der Waals surface area contributed by atoms with E-state index in [0.29, 0.717) is 24.4 Å². The Labute approximate surface area is 146 Å². The van der Waals surface area contributed by atoms with Gasteiger partial charge in [0.05, 0.1) is 16.6 Å². The first-order valence-electron chi connectivity index (χ1n) is 8.50. The molecule has 1 atom stereocenters. The van der Waals surface area contributed by atoms with Gasteiger partial charge in [-0.25, -0.2) is 9.97 Å². The van der Waals surface area contributed by atoms with Crippen LogP contribution in [0.5, 0.6) is 0 Å². The Kier molecular flexibility index (Phi) is 5.40. The number of para-hydroxylation sites is 2. The summed E-state index contributed by atoms with van der Waals surface area (Å²) >= 11 is 0. The first-order valence-corrected chi connectivity index (χ1v) is 8.50. The van der Waals surface area contributed by atoms with Crippen LogP contribution in [0.4, 0.5) is 0 Å². The highest BCUT2D eigenvalue weighted by molar-refractivity contribution is 5.94. The number of rotatable bonds is 7. The molecule has 1 unspecified atom stereocenters. The molecule has 2 heterocycles. The SMILES string of the molecule is CCC(CCO)CNC(=O)c1ccc(-n2cnc3ccccc32)nc1. The van der Waals surface area contributed by atoms with Gasteiger partial charge in [0.15, 0.2) is 0 Å². The van der Waals surface area contributed by atoms with Crippen molar-refractivity contribution >= 4 is 16.9 Å². The van der Waals surface area contributed by atoms with Crippen LogP contribution in [0, 0.1) is 5.92 Å². The lowest BCUT2D eigenvalue weighted by Gasteiger charge is -2.14. The van der Waals surface area contributed by atoms with Crippen LogP contribution in [0.3, 0.4) is 0 Å². The Morgan fingerprint density at radius 3 is 2.80 bits per heavy atom. The number of hydrogen-bond donors (Lipinski definition) is 2. The minimum Gasteiger partial charge on any atom is -0.396 e. The molecule has 25 heavy (non-hydrogen) atoms. The summed E-state index contributed by atoms with van der Waals surface area (Å²) in [5.41, 5.74) is 2.40. The molecule has 3 rings (SSSR count). The molecule has 3 aromatic rings. The first kappa shape index (κ1) is 17.1. The van der Waals surface area contributed by atoms with E-state index in [-0.39, 0.29) is 12.5 Å². The molecule has 6 heteroatoms. The van der Waals surface area contributed by atoms with Gasteiger partial charge in [-0.2, -0.15) is 0 Å². The van der Waals surface area contributed by atoms with Crippen LogP contribution in [-0.2, 0) is 0 Å². The summed E-state index contributed by atoms with van der Waals surface area (Å²) in [5, 5.41) is 11.9. The van der Waals surface area contributed by atoms with Crippen molar-refractivity contribution < 1.29 is 9.90 Å². The minimum atomic E-state index is -0.147. The van der Waals surface area contributed by atoms with E-state index in [9.17, 15) is 4.79 Å². The number of carbonyl (C=O) groups excluding carboxylic acids is 1. The average molecular weight is 338 g/mol. The minimum absolute atomic E-state index is 0.142. The average Bonchev–Trinajstić information content (AvgIpc) is 3.09. The molecule has 0 aliphatic carbocycles. The second-order valence-corrected chi connectivity index (χ2v) is 6.00. The molecule has 2 N–H and O–H groups in total. The molecule has 6 nitrogen and oxygen atoms in total. The van der Waals surface area contributed by atoms with Crippen molar-refractivity contribution in [3.05, 3.63) is 54.5 Å². The molecule has 0 saturated carbocycles. The van der Waals surface area contributed by atoms with Crippen LogP contribution in [0.15, 0.2) is 48.9 Å². The Balaban J connectivity index is 1.70. The predicted molar refractivity (Wildman–Crippen MR) is 96.7 cm³/mol. The van der Waals surface area contributed by atoms with Gasteiger partial charge in [0, 0.05) is 19.3 Å². The van der Waals surface area contributed by atoms with E-state index in [1.54, 1.807) is 18.6 Å². The Bertz CT molecular complexity index is 842. The molecule has 0 bridgehead atoms. The number of pyridine rings is 1. The number of aromatic nitrogens is 3. The topological polar surface area (TPSA) is 80.0 Å². The summed E-state index contributed by atoms with van der Waals surface area (Å²) in [6.45, 7) is 2.76. The molecule has 0 aliphatic heterocycles. The van der Waals surface area contributed by atoms with Crippen molar-refractivity contribution in [2.24, 2.45) is 5.92 Å². The molecule has 0 saturated heterocycles. The Hall–Kier alpha value is -2.73. The van der Waals surface area contributed by atoms with Crippen LogP contribution in [0.25, 0.3) is 16.9 Å². The number of hydrogen-bond acceptors (Lipinski definition) is 4. The maximum atomic E-state index is 12.2. The number of fused-ring (bicyclic) bond motifs is 1. The van der Waals surface area contributed by atoms with E-state index in [0.717, 1.165) is 23.3 Å². The zero-order valence-corrected chi connectivity index (χ0v) is 14.2. The van der Waals surface area contributed by atoms with E-state index >= 15 is 0 Å². The zero-order valence-electron chi connectivity index (χ0n) is 14.2. The van der Waals surface area contributed by atoms with Crippen molar-refractivity contribution in [3.63, 3.8) is 0 Å². The van der Waals surface area contributed by atoms with Crippen molar-refractivity contribution in [2.75, 3.05) is 13.2 Å². The van der Waals surface area contributed by atoms with Gasteiger partial charge in [-0.15, -0.1) is 0 Å². The van der Waals surface area contributed by atoms with Gasteiger partial charge in [0.2, 0.25) is 0 Å². The summed E-state index contributed by atoms with van der Waals surface area (Å²) in [6, 6.07) is 11.4. The number of benzene rings is 1. The smallest absolute Gasteiger partial charge is 0.252 e. The third-order valence-corrected chi connectivity index (χ3v) is 4.38. The fourth-order valence-corrected chi connectivity index (χ4v) is 2.78. The van der Waals surface area contributed by atoms with Crippen LogP contribution in [0.1, 0.15) is 30.1 Å². The maximum Gasteiger partial charge on any atom is 0.252 e. The van der Waals surface area contributed by atoms with E-state index in [1.165, 1.54) is 0 Å². The lowest BCUT2D eigenvalue weighted by molar-refractivity contribution is 0.0943. The van der Waals surface area contributed by atoms with Gasteiger partial charge in [0.1, 0.15) is 12.1 Å². The monoisotopic (exact) mass is 338 g/mol. The highest BCUT2D eigenvalue weighted by atomic mass is 16.3. The van der Waals surface area contributed by atoms with Gasteiger partial charge in [-0.05, 0) is 36.6 Å². The quantitative estimate of drug-likeness (QED) is 0.694. The maximum absolute atomic E-state index is 12.2. The fourth-order valence-electron chi connectivity index (χ4n) is 2.78. The van der Waals surface area contributed by atoms with E-state index < -0.39 is 0 Å². The molecule has 1 amide bonds. The molecule has 0 radical (unpaired) electrons. The number of carbonyl (C=O) groups is 1. The van der Waals surface area contributed by atoms with Crippen LogP contribution < -0.4 is 5.32 Å². The number of nitrogens with one attached hydrogen (secondary N) is 1. The number of aliphatic hydroxyl groups excluding tert-OH is 1. The van der Waals surface area contributed by atoms with Crippen molar-refractivity contribution in [3.8, 4) is 5.82 Å². The summed E-state index contributed by atoms with van der Waals surface area (Å²) in [4.78, 5) is 21.0. The van der Waals surface area contributed by atoms with Crippen LogP contribution in [-0.4, -0.2) is 38.7 Å². The van der Waals surface area contributed by atoms with Crippen LogP contribution in [0.2, 0.25) is 0 Å². The lowest BCUT2D eigenvalue weighted by atomic mass is 10.0. The number of nitrogens with zero attached hydrogens (tertiary/aromatic N) is 3. The summed E-state index contributed by atoms with van der Waals surface area (Å²) < 4.78 is 1.89. The normalized spacial score (nSPS) is 12.2. The molecule has 0 aliphatic rings. The molecular weight excluding hydrogens is 316 g/mol. The fraction of sp³-hybridized carbons (Fsp3) is 0.316.